The van der Waals surface area contributed by atoms with Crippen molar-refractivity contribution in [3.05, 3.63) is 24.8 Å². The maximum atomic E-state index is 13.6. The number of carbonyl (C=O) groups excluding carboxylic acids is 1. The van der Waals surface area contributed by atoms with Gasteiger partial charge in [-0.2, -0.15) is 5.10 Å². The monoisotopic (exact) mass is 500 g/mol. The number of aryl methyl sites for hydroxylation is 1. The number of nitrogens with two attached hydrogens (primary N) is 1. The van der Waals surface area contributed by atoms with Crippen LogP contribution in [-0.2, 0) is 21.3 Å². The minimum Gasteiger partial charge on any atom is -0.387 e. The van der Waals surface area contributed by atoms with Gasteiger partial charge in [0.1, 0.15) is 30.0 Å². The van der Waals surface area contributed by atoms with E-state index in [-0.39, 0.29) is 17.8 Å². The van der Waals surface area contributed by atoms with Crippen LogP contribution in [0.4, 0.5) is 5.82 Å². The summed E-state index contributed by atoms with van der Waals surface area (Å²) in [4.78, 5) is 23.8. The second-order valence-corrected chi connectivity index (χ2v) is 9.22. The van der Waals surface area contributed by atoms with Crippen molar-refractivity contribution in [2.24, 2.45) is 7.05 Å². The smallest absolute Gasteiger partial charge is 0.254 e. The number of hydrogen-bond donors (Lipinski definition) is 4. The molecule has 0 aromatic carbocycles. The maximum Gasteiger partial charge on any atom is 0.254 e. The van der Waals surface area contributed by atoms with E-state index in [1.54, 1.807) is 40.7 Å². The van der Waals surface area contributed by atoms with Crippen LogP contribution in [0.25, 0.3) is 22.3 Å². The molecule has 0 saturated carbocycles. The molecule has 2 aliphatic heterocycles. The zero-order valence-electron chi connectivity index (χ0n) is 20.3. The van der Waals surface area contributed by atoms with Crippen molar-refractivity contribution in [1.82, 2.24) is 34.5 Å². The van der Waals surface area contributed by atoms with E-state index in [0.717, 1.165) is 25.9 Å². The predicted molar refractivity (Wildman–Crippen MR) is 130 cm³/mol. The highest BCUT2D eigenvalue weighted by Gasteiger charge is 2.49. The number of aliphatic hydroxyl groups excluding tert-OH is 2. The number of carbonyl (C=O) groups is 1. The van der Waals surface area contributed by atoms with Gasteiger partial charge in [0.2, 0.25) is 0 Å². The molecule has 2 aliphatic rings. The summed E-state index contributed by atoms with van der Waals surface area (Å²) in [6.45, 7) is 2.32. The number of amides is 1. The molecular formula is C23H32N8O5. The first kappa shape index (κ1) is 24.6. The van der Waals surface area contributed by atoms with Gasteiger partial charge in [-0.3, -0.25) is 9.48 Å². The van der Waals surface area contributed by atoms with Crippen LogP contribution >= 0.6 is 0 Å². The van der Waals surface area contributed by atoms with Gasteiger partial charge < -0.3 is 40.2 Å². The first-order chi connectivity index (χ1) is 17.4. The molecule has 0 bridgehead atoms. The number of ether oxygens (including phenoxy) is 2. The lowest BCUT2D eigenvalue weighted by Crippen LogP contribution is -2.53. The number of piperidine rings is 1. The van der Waals surface area contributed by atoms with Gasteiger partial charge in [0.25, 0.3) is 5.91 Å². The quantitative estimate of drug-likeness (QED) is 0.325. The topological polar surface area (TPSA) is 166 Å². The number of rotatable bonds is 7. The summed E-state index contributed by atoms with van der Waals surface area (Å²) in [7, 11) is 3.38. The Hall–Kier alpha value is -3.10. The fraction of sp³-hybridized carbons (Fsp3) is 0.565. The highest BCUT2D eigenvalue weighted by Crippen LogP contribution is 2.38. The number of aliphatic hydroxyl groups is 2. The Labute approximate surface area is 207 Å². The SMILES string of the molecule is COCCN(C(=O)[C@H]1O[C@@H](n2cc(-c3ccn(C)n3)c3c(N)ncnc32)[C@H](O)[C@@H]1O)C1CCNCC1. The zero-order chi connectivity index (χ0) is 25.4. The van der Waals surface area contributed by atoms with E-state index in [9.17, 15) is 15.0 Å². The molecule has 0 unspecified atom stereocenters. The molecular weight excluding hydrogens is 468 g/mol. The molecule has 3 aromatic heterocycles. The molecule has 4 atom stereocenters. The molecule has 1 amide bonds. The summed E-state index contributed by atoms with van der Waals surface area (Å²) in [6, 6.07) is 1.82. The number of nitrogen functional groups attached to an aromatic ring is 1. The third-order valence-corrected chi connectivity index (χ3v) is 6.95. The molecule has 0 aliphatic carbocycles. The van der Waals surface area contributed by atoms with Crippen LogP contribution in [0.15, 0.2) is 24.8 Å². The molecule has 13 heteroatoms. The highest BCUT2D eigenvalue weighted by molar-refractivity contribution is 5.99. The van der Waals surface area contributed by atoms with Crippen LogP contribution in [0, 0.1) is 0 Å². The van der Waals surface area contributed by atoms with Crippen molar-refractivity contribution < 1.29 is 24.5 Å². The lowest BCUT2D eigenvalue weighted by molar-refractivity contribution is -0.152. The minimum absolute atomic E-state index is 0.00315. The van der Waals surface area contributed by atoms with Gasteiger partial charge in [-0.05, 0) is 32.0 Å². The van der Waals surface area contributed by atoms with Gasteiger partial charge in [-0.25, -0.2) is 9.97 Å². The van der Waals surface area contributed by atoms with E-state index >= 15 is 0 Å². The van der Waals surface area contributed by atoms with Crippen molar-refractivity contribution in [2.45, 2.75) is 43.4 Å². The third-order valence-electron chi connectivity index (χ3n) is 6.95. The Morgan fingerprint density at radius 2 is 2.08 bits per heavy atom. The Balaban J connectivity index is 1.48. The highest BCUT2D eigenvalue weighted by atomic mass is 16.6. The van der Waals surface area contributed by atoms with E-state index in [4.69, 9.17) is 15.2 Å². The Morgan fingerprint density at radius 3 is 2.78 bits per heavy atom. The van der Waals surface area contributed by atoms with E-state index in [1.165, 1.54) is 6.33 Å². The number of nitrogens with one attached hydrogen (secondary N) is 1. The van der Waals surface area contributed by atoms with E-state index in [1.807, 2.05) is 6.07 Å². The van der Waals surface area contributed by atoms with Crippen LogP contribution in [0.3, 0.4) is 0 Å². The molecule has 5 N–H and O–H groups in total. The van der Waals surface area contributed by atoms with Crippen molar-refractivity contribution in [3.8, 4) is 11.3 Å². The summed E-state index contributed by atoms with van der Waals surface area (Å²) >= 11 is 0. The number of hydrogen-bond acceptors (Lipinski definition) is 10. The number of anilines is 1. The van der Waals surface area contributed by atoms with Gasteiger partial charge in [-0.1, -0.05) is 0 Å². The van der Waals surface area contributed by atoms with E-state index < -0.39 is 24.5 Å². The molecule has 5 rings (SSSR count). The second-order valence-electron chi connectivity index (χ2n) is 9.22. The Kier molecular flexibility index (Phi) is 6.90. The van der Waals surface area contributed by atoms with E-state index in [2.05, 4.69) is 20.4 Å². The zero-order valence-corrected chi connectivity index (χ0v) is 20.3. The first-order valence-corrected chi connectivity index (χ1v) is 12.0. The molecule has 2 fully saturated rings. The molecule has 194 valence electrons. The summed E-state index contributed by atoms with van der Waals surface area (Å²) in [6.07, 6.45) is 1.29. The molecule has 13 nitrogen and oxygen atoms in total. The average Bonchev–Trinajstić information content (AvgIpc) is 3.56. The standard InChI is InChI=1S/C23H32N8O5/c1-29-8-5-15(28-29)14-11-31(21-16(14)20(24)26-12-27-21)23-18(33)17(32)19(36-23)22(34)30(9-10-35-2)13-3-6-25-7-4-13/h5,8,11-13,17-19,23,25,32-33H,3-4,6-7,9-10H2,1-2H3,(H2,24,26,27)/t17-,18+,19-,23+/m0/s1. The largest absolute Gasteiger partial charge is 0.387 e. The number of nitrogens with zero attached hydrogens (tertiary/aromatic N) is 6. The number of aromatic nitrogens is 5. The molecule has 0 radical (unpaired) electrons. The van der Waals surface area contributed by atoms with Gasteiger partial charge in [-0.15, -0.1) is 0 Å². The van der Waals surface area contributed by atoms with Crippen LogP contribution in [-0.4, -0.2) is 103 Å². The minimum atomic E-state index is -1.43. The molecule has 3 aromatic rings. The number of methoxy groups -OCH3 is 1. The van der Waals surface area contributed by atoms with Gasteiger partial charge in [0.15, 0.2) is 12.3 Å². The van der Waals surface area contributed by atoms with Crippen LogP contribution in [0.1, 0.15) is 19.1 Å². The lowest BCUT2D eigenvalue weighted by atomic mass is 10.0. The van der Waals surface area contributed by atoms with Crippen molar-refractivity contribution in [1.29, 1.82) is 0 Å². The fourth-order valence-electron chi connectivity index (χ4n) is 5.09. The summed E-state index contributed by atoms with van der Waals surface area (Å²) in [5, 5.41) is 30.2. The molecule has 36 heavy (non-hydrogen) atoms. The van der Waals surface area contributed by atoms with Crippen molar-refractivity contribution >= 4 is 22.8 Å². The normalized spacial score (nSPS) is 25.0. The second kappa shape index (κ2) is 10.1. The fourth-order valence-corrected chi connectivity index (χ4v) is 5.09. The first-order valence-electron chi connectivity index (χ1n) is 12.0. The van der Waals surface area contributed by atoms with Crippen LogP contribution < -0.4 is 11.1 Å². The molecule has 2 saturated heterocycles. The predicted octanol–water partition coefficient (Wildman–Crippen LogP) is -0.740. The summed E-state index contributed by atoms with van der Waals surface area (Å²) in [5.41, 5.74) is 7.89. The van der Waals surface area contributed by atoms with E-state index in [0.29, 0.717) is 35.4 Å². The van der Waals surface area contributed by atoms with Gasteiger partial charge in [0.05, 0.1) is 17.7 Å². The lowest BCUT2D eigenvalue weighted by Gasteiger charge is -2.36. The van der Waals surface area contributed by atoms with Gasteiger partial charge in [0, 0.05) is 44.7 Å². The molecule has 5 heterocycles. The van der Waals surface area contributed by atoms with Crippen LogP contribution in [0.2, 0.25) is 0 Å². The van der Waals surface area contributed by atoms with Crippen molar-refractivity contribution in [2.75, 3.05) is 39.1 Å². The van der Waals surface area contributed by atoms with Crippen LogP contribution in [0.5, 0.6) is 0 Å². The van der Waals surface area contributed by atoms with Gasteiger partial charge >= 0.3 is 0 Å². The summed E-state index contributed by atoms with van der Waals surface area (Å²) in [5.74, 6) is -0.125. The number of fused-ring (bicyclic) bond motifs is 1. The third kappa shape index (κ3) is 4.33. The Morgan fingerprint density at radius 1 is 1.31 bits per heavy atom. The Bertz CT molecular complexity index is 1220. The summed E-state index contributed by atoms with van der Waals surface area (Å²) < 4.78 is 14.5. The molecule has 0 spiro atoms. The van der Waals surface area contributed by atoms with Crippen molar-refractivity contribution in [3.63, 3.8) is 0 Å². The average molecular weight is 501 g/mol. The maximum absolute atomic E-state index is 13.6.